The molecule has 0 amide bonds. The summed E-state index contributed by atoms with van der Waals surface area (Å²) in [6.45, 7) is 5.64. The average molecular weight is 286 g/mol. The van der Waals surface area contributed by atoms with Crippen LogP contribution in [0.15, 0.2) is 6.07 Å². The molecule has 6 nitrogen and oxygen atoms in total. The number of nitrogens with zero attached hydrogens (tertiary/aromatic N) is 3. The maximum Gasteiger partial charge on any atom is 0.340 e. The van der Waals surface area contributed by atoms with Crippen molar-refractivity contribution in [2.75, 3.05) is 24.6 Å². The molecular weight excluding hydrogens is 268 g/mol. The first-order chi connectivity index (χ1) is 10.1. The van der Waals surface area contributed by atoms with Gasteiger partial charge in [-0.15, -0.1) is 0 Å². The van der Waals surface area contributed by atoms with Gasteiger partial charge in [-0.2, -0.15) is 5.26 Å². The first kappa shape index (κ1) is 13.8. The van der Waals surface area contributed by atoms with E-state index in [0.29, 0.717) is 41.3 Å². The van der Waals surface area contributed by atoms with Crippen LogP contribution in [0.2, 0.25) is 0 Å². The molecule has 110 valence electrons. The molecule has 0 aromatic carbocycles. The van der Waals surface area contributed by atoms with Crippen molar-refractivity contribution in [1.29, 1.82) is 5.26 Å². The van der Waals surface area contributed by atoms with Gasteiger partial charge in [0.05, 0.1) is 23.4 Å². The molecule has 2 aliphatic rings. The average Bonchev–Trinajstić information content (AvgIpc) is 3.09. The highest BCUT2D eigenvalue weighted by atomic mass is 16.5. The highest BCUT2D eigenvalue weighted by Crippen LogP contribution is 2.31. The summed E-state index contributed by atoms with van der Waals surface area (Å²) in [5, 5.41) is 12.8. The Labute approximate surface area is 123 Å². The monoisotopic (exact) mass is 286 g/mol. The molecule has 2 aliphatic heterocycles. The fraction of sp³-hybridized carbons (Fsp3) is 0.533. The van der Waals surface area contributed by atoms with Crippen LogP contribution in [0.4, 0.5) is 5.82 Å². The second-order valence-electron chi connectivity index (χ2n) is 5.47. The van der Waals surface area contributed by atoms with E-state index < -0.39 is 5.97 Å². The standard InChI is InChI=1S/C15H18N4O2/c1-3-21-15(20)13-4-10(6-16)14(18-9(13)2)19-8-11-5-12(19)7-17-11/h4,11-12,17H,3,5,7-8H2,1-2H3/t11-,12-/m0/s1. The molecule has 2 saturated heterocycles. The van der Waals surface area contributed by atoms with Crippen molar-refractivity contribution in [3.05, 3.63) is 22.9 Å². The van der Waals surface area contributed by atoms with E-state index in [1.54, 1.807) is 19.9 Å². The number of fused-ring (bicyclic) bond motifs is 2. The second kappa shape index (κ2) is 5.34. The molecule has 6 heteroatoms. The van der Waals surface area contributed by atoms with Crippen molar-refractivity contribution >= 4 is 11.8 Å². The molecule has 0 aliphatic carbocycles. The highest BCUT2D eigenvalue weighted by molar-refractivity contribution is 5.91. The second-order valence-corrected chi connectivity index (χ2v) is 5.47. The number of aryl methyl sites for hydroxylation is 1. The molecule has 2 fully saturated rings. The summed E-state index contributed by atoms with van der Waals surface area (Å²) in [6.07, 6.45) is 1.09. The SMILES string of the molecule is CCOC(=O)c1cc(C#N)c(N2C[C@@H]3C[C@H]2CN3)nc1C. The summed E-state index contributed by atoms with van der Waals surface area (Å²) in [6, 6.07) is 4.64. The number of pyridine rings is 1. The van der Waals surface area contributed by atoms with Gasteiger partial charge in [0.2, 0.25) is 0 Å². The summed E-state index contributed by atoms with van der Waals surface area (Å²) < 4.78 is 5.01. The number of aromatic nitrogens is 1. The molecule has 3 heterocycles. The zero-order valence-corrected chi connectivity index (χ0v) is 12.2. The van der Waals surface area contributed by atoms with Crippen molar-refractivity contribution in [2.24, 2.45) is 0 Å². The van der Waals surface area contributed by atoms with Crippen LogP contribution in [0.25, 0.3) is 0 Å². The third kappa shape index (κ3) is 2.34. The van der Waals surface area contributed by atoms with Crippen LogP contribution >= 0.6 is 0 Å². The van der Waals surface area contributed by atoms with Crippen LogP contribution in [-0.4, -0.2) is 42.7 Å². The van der Waals surface area contributed by atoms with E-state index in [4.69, 9.17) is 4.74 Å². The summed E-state index contributed by atoms with van der Waals surface area (Å²) in [5.41, 5.74) is 1.43. The van der Waals surface area contributed by atoms with Crippen molar-refractivity contribution in [3.8, 4) is 6.07 Å². The van der Waals surface area contributed by atoms with Gasteiger partial charge >= 0.3 is 5.97 Å². The van der Waals surface area contributed by atoms with E-state index in [-0.39, 0.29) is 0 Å². The summed E-state index contributed by atoms with van der Waals surface area (Å²) in [5.74, 6) is 0.271. The third-order valence-electron chi connectivity index (χ3n) is 4.14. The van der Waals surface area contributed by atoms with E-state index in [0.717, 1.165) is 19.5 Å². The Bertz CT molecular complexity index is 623. The zero-order chi connectivity index (χ0) is 15.0. The molecule has 2 bridgehead atoms. The molecule has 2 atom stereocenters. The van der Waals surface area contributed by atoms with Crippen LogP contribution in [0, 0.1) is 18.3 Å². The van der Waals surface area contributed by atoms with E-state index in [9.17, 15) is 10.1 Å². The van der Waals surface area contributed by atoms with Crippen LogP contribution in [0.3, 0.4) is 0 Å². The number of carbonyl (C=O) groups excluding carboxylic acids is 1. The van der Waals surface area contributed by atoms with Crippen LogP contribution < -0.4 is 10.2 Å². The smallest absolute Gasteiger partial charge is 0.340 e. The maximum atomic E-state index is 11.9. The van der Waals surface area contributed by atoms with E-state index in [2.05, 4.69) is 21.3 Å². The van der Waals surface area contributed by atoms with Gasteiger partial charge < -0.3 is 15.0 Å². The number of nitrogens with one attached hydrogen (secondary N) is 1. The fourth-order valence-corrected chi connectivity index (χ4v) is 3.13. The topological polar surface area (TPSA) is 78.2 Å². The Kier molecular flexibility index (Phi) is 3.52. The van der Waals surface area contributed by atoms with Crippen molar-refractivity contribution < 1.29 is 9.53 Å². The van der Waals surface area contributed by atoms with Gasteiger partial charge in [-0.1, -0.05) is 0 Å². The van der Waals surface area contributed by atoms with Crippen LogP contribution in [0.1, 0.15) is 35.0 Å². The molecule has 0 saturated carbocycles. The number of rotatable bonds is 3. The first-order valence-corrected chi connectivity index (χ1v) is 7.23. The Morgan fingerprint density at radius 2 is 2.48 bits per heavy atom. The number of anilines is 1. The predicted octanol–water partition coefficient (Wildman–Crippen LogP) is 0.989. The number of piperazine rings is 1. The normalized spacial score (nSPS) is 23.2. The fourth-order valence-electron chi connectivity index (χ4n) is 3.13. The molecule has 21 heavy (non-hydrogen) atoms. The van der Waals surface area contributed by atoms with Gasteiger partial charge in [-0.05, 0) is 26.3 Å². The molecule has 1 aromatic rings. The van der Waals surface area contributed by atoms with Crippen molar-refractivity contribution in [1.82, 2.24) is 10.3 Å². The molecule has 0 spiro atoms. The highest BCUT2D eigenvalue weighted by Gasteiger charge is 2.39. The largest absolute Gasteiger partial charge is 0.462 e. The van der Waals surface area contributed by atoms with Crippen molar-refractivity contribution in [3.63, 3.8) is 0 Å². The Balaban J connectivity index is 1.97. The molecule has 1 N–H and O–H groups in total. The maximum absolute atomic E-state index is 11.9. The Morgan fingerprint density at radius 1 is 1.67 bits per heavy atom. The Morgan fingerprint density at radius 3 is 3.05 bits per heavy atom. The van der Waals surface area contributed by atoms with E-state index in [1.807, 2.05) is 0 Å². The minimum absolute atomic E-state index is 0.309. The van der Waals surface area contributed by atoms with Crippen molar-refractivity contribution in [2.45, 2.75) is 32.4 Å². The molecule has 0 unspecified atom stereocenters. The van der Waals surface area contributed by atoms with Gasteiger partial charge in [0.1, 0.15) is 11.9 Å². The summed E-state index contributed by atoms with van der Waals surface area (Å²) in [7, 11) is 0. The lowest BCUT2D eigenvalue weighted by molar-refractivity contribution is 0.0525. The van der Waals surface area contributed by atoms with Gasteiger partial charge in [0, 0.05) is 25.2 Å². The predicted molar refractivity (Wildman–Crippen MR) is 77.2 cm³/mol. The third-order valence-corrected chi connectivity index (χ3v) is 4.14. The Hall–Kier alpha value is -2.13. The number of hydrogen-bond acceptors (Lipinski definition) is 6. The number of ether oxygens (including phenoxy) is 1. The van der Waals surface area contributed by atoms with Gasteiger partial charge in [0.15, 0.2) is 0 Å². The number of carbonyl (C=O) groups is 1. The van der Waals surface area contributed by atoms with Gasteiger partial charge in [0.25, 0.3) is 0 Å². The summed E-state index contributed by atoms with van der Waals surface area (Å²) in [4.78, 5) is 18.6. The molecule has 0 radical (unpaired) electrons. The lowest BCUT2D eigenvalue weighted by atomic mass is 10.1. The van der Waals surface area contributed by atoms with E-state index in [1.165, 1.54) is 0 Å². The minimum atomic E-state index is -0.421. The van der Waals surface area contributed by atoms with E-state index >= 15 is 0 Å². The van der Waals surface area contributed by atoms with Gasteiger partial charge in [-0.3, -0.25) is 0 Å². The first-order valence-electron chi connectivity index (χ1n) is 7.23. The molecule has 3 rings (SSSR count). The number of hydrogen-bond donors (Lipinski definition) is 1. The zero-order valence-electron chi connectivity index (χ0n) is 12.2. The minimum Gasteiger partial charge on any atom is -0.462 e. The molecule has 1 aromatic heterocycles. The quantitative estimate of drug-likeness (QED) is 0.835. The lowest BCUT2D eigenvalue weighted by Gasteiger charge is -2.29. The van der Waals surface area contributed by atoms with Crippen LogP contribution in [-0.2, 0) is 4.74 Å². The molecular formula is C15H18N4O2. The lowest BCUT2D eigenvalue weighted by Crippen LogP contribution is -2.44. The summed E-state index contributed by atoms with van der Waals surface area (Å²) >= 11 is 0. The van der Waals surface area contributed by atoms with Gasteiger partial charge in [-0.25, -0.2) is 9.78 Å². The van der Waals surface area contributed by atoms with Crippen LogP contribution in [0.5, 0.6) is 0 Å². The number of nitriles is 1. The number of esters is 1.